The van der Waals surface area contributed by atoms with E-state index in [4.69, 9.17) is 16.3 Å². The highest BCUT2D eigenvalue weighted by Gasteiger charge is 2.30. The maximum Gasteiger partial charge on any atom is 0.244 e. The molecule has 2 amide bonds. The maximum absolute atomic E-state index is 13.4. The predicted octanol–water partition coefficient (Wildman–Crippen LogP) is 3.45. The third-order valence-electron chi connectivity index (χ3n) is 5.30. The van der Waals surface area contributed by atoms with E-state index in [1.54, 1.807) is 55.5 Å². The van der Waals surface area contributed by atoms with E-state index in [0.717, 1.165) is 29.0 Å². The number of hydrogen-bond acceptors (Lipinski definition) is 5. The Balaban J connectivity index is 2.32. The van der Waals surface area contributed by atoms with Gasteiger partial charge in [-0.1, -0.05) is 37.1 Å². The van der Waals surface area contributed by atoms with E-state index in [1.165, 1.54) is 12.0 Å². The summed E-state index contributed by atoms with van der Waals surface area (Å²) in [5.74, 6) is -0.245. The van der Waals surface area contributed by atoms with Crippen molar-refractivity contribution in [3.8, 4) is 5.75 Å². The molecule has 0 bridgehead atoms. The van der Waals surface area contributed by atoms with Crippen LogP contribution in [-0.2, 0) is 26.2 Å². The number of nitrogens with one attached hydrogen (secondary N) is 1. The summed E-state index contributed by atoms with van der Waals surface area (Å²) in [5, 5.41) is 3.39. The average Bonchev–Trinajstić information content (AvgIpc) is 2.81. The summed E-state index contributed by atoms with van der Waals surface area (Å²) in [6.07, 6.45) is 2.78. The van der Waals surface area contributed by atoms with Crippen molar-refractivity contribution >= 4 is 39.1 Å². The number of nitrogens with zero attached hydrogens (tertiary/aromatic N) is 2. The molecule has 186 valence electrons. The lowest BCUT2D eigenvalue weighted by Gasteiger charge is -2.31. The molecule has 0 aromatic heterocycles. The summed E-state index contributed by atoms with van der Waals surface area (Å²) >= 11 is 5.98. The molecule has 0 unspecified atom stereocenters. The third kappa shape index (κ3) is 7.92. The Morgan fingerprint density at radius 2 is 1.71 bits per heavy atom. The van der Waals surface area contributed by atoms with Crippen LogP contribution in [0.1, 0.15) is 32.3 Å². The van der Waals surface area contributed by atoms with Crippen LogP contribution < -0.4 is 14.4 Å². The van der Waals surface area contributed by atoms with Gasteiger partial charge in [-0.15, -0.1) is 0 Å². The van der Waals surface area contributed by atoms with Gasteiger partial charge in [-0.3, -0.25) is 13.9 Å². The molecule has 0 radical (unpaired) electrons. The average molecular weight is 510 g/mol. The van der Waals surface area contributed by atoms with Crippen LogP contribution in [0.25, 0.3) is 0 Å². The van der Waals surface area contributed by atoms with Crippen molar-refractivity contribution in [1.82, 2.24) is 10.2 Å². The molecule has 1 N–H and O–H groups in total. The number of carbonyl (C=O) groups is 2. The van der Waals surface area contributed by atoms with E-state index >= 15 is 0 Å². The van der Waals surface area contributed by atoms with Crippen LogP contribution >= 0.6 is 11.6 Å². The monoisotopic (exact) mass is 509 g/mol. The fourth-order valence-electron chi connectivity index (χ4n) is 3.27. The fourth-order valence-corrected chi connectivity index (χ4v) is 4.24. The third-order valence-corrected chi connectivity index (χ3v) is 6.70. The number of anilines is 1. The van der Waals surface area contributed by atoms with Crippen molar-refractivity contribution in [3.63, 3.8) is 0 Å². The maximum atomic E-state index is 13.4. The van der Waals surface area contributed by atoms with E-state index in [0.29, 0.717) is 23.0 Å². The summed E-state index contributed by atoms with van der Waals surface area (Å²) in [6.45, 7) is 3.83. The molecule has 34 heavy (non-hydrogen) atoms. The first-order valence-electron chi connectivity index (χ1n) is 11.0. The molecular formula is C24H32ClN3O5S. The summed E-state index contributed by atoms with van der Waals surface area (Å²) in [5.41, 5.74) is 1.09. The quantitative estimate of drug-likeness (QED) is 0.442. The molecule has 10 heteroatoms. The number of amides is 2. The first-order valence-corrected chi connectivity index (χ1v) is 13.2. The highest BCUT2D eigenvalue weighted by molar-refractivity contribution is 7.92. The van der Waals surface area contributed by atoms with Gasteiger partial charge in [0.2, 0.25) is 21.8 Å². The van der Waals surface area contributed by atoms with E-state index in [-0.39, 0.29) is 12.5 Å². The second-order valence-corrected chi connectivity index (χ2v) is 10.3. The van der Waals surface area contributed by atoms with Gasteiger partial charge in [-0.05, 0) is 55.3 Å². The number of ether oxygens (including phenoxy) is 1. The Hall–Kier alpha value is -2.78. The van der Waals surface area contributed by atoms with Crippen molar-refractivity contribution in [2.75, 3.05) is 30.8 Å². The van der Waals surface area contributed by atoms with Crippen molar-refractivity contribution in [1.29, 1.82) is 0 Å². The van der Waals surface area contributed by atoms with Gasteiger partial charge in [-0.2, -0.15) is 0 Å². The van der Waals surface area contributed by atoms with Gasteiger partial charge >= 0.3 is 0 Å². The molecule has 0 aliphatic heterocycles. The zero-order valence-corrected chi connectivity index (χ0v) is 21.5. The molecule has 0 fully saturated rings. The smallest absolute Gasteiger partial charge is 0.244 e. The highest BCUT2D eigenvalue weighted by Crippen LogP contribution is 2.22. The Bertz CT molecular complexity index is 1060. The number of rotatable bonds is 12. The lowest BCUT2D eigenvalue weighted by molar-refractivity contribution is -0.139. The molecule has 0 aliphatic rings. The van der Waals surface area contributed by atoms with Crippen LogP contribution in [-0.4, -0.2) is 57.6 Å². The van der Waals surface area contributed by atoms with Crippen molar-refractivity contribution in [2.24, 2.45) is 0 Å². The lowest BCUT2D eigenvalue weighted by Crippen LogP contribution is -2.51. The highest BCUT2D eigenvalue weighted by atomic mass is 35.5. The first kappa shape index (κ1) is 27.5. The minimum absolute atomic E-state index is 0.124. The van der Waals surface area contributed by atoms with E-state index in [9.17, 15) is 18.0 Å². The van der Waals surface area contributed by atoms with Crippen LogP contribution in [0.5, 0.6) is 5.75 Å². The number of methoxy groups -OCH3 is 1. The van der Waals surface area contributed by atoms with Crippen molar-refractivity contribution in [3.05, 3.63) is 59.1 Å². The zero-order valence-electron chi connectivity index (χ0n) is 20.0. The number of benzene rings is 2. The molecule has 2 rings (SSSR count). The summed E-state index contributed by atoms with van der Waals surface area (Å²) in [7, 11) is -2.27. The van der Waals surface area contributed by atoms with Crippen molar-refractivity contribution in [2.45, 2.75) is 39.3 Å². The Labute approximate surface area is 206 Å². The fraction of sp³-hybridized carbons (Fsp3) is 0.417. The standard InChI is InChI=1S/C24H32ClN3O5S/c1-5-6-15-26-24(30)18(2)27(16-19-7-9-20(25)10-8-19)23(29)17-28(34(4,31)32)21-11-13-22(33-3)14-12-21/h7-14,18H,5-6,15-17H2,1-4H3,(H,26,30)/t18-/m1/s1. The molecule has 0 heterocycles. The van der Waals surface area contributed by atoms with Gasteiger partial charge in [0.05, 0.1) is 19.1 Å². The summed E-state index contributed by atoms with van der Waals surface area (Å²) in [4.78, 5) is 27.6. The second-order valence-electron chi connectivity index (χ2n) is 7.94. The van der Waals surface area contributed by atoms with Gasteiger partial charge in [0.1, 0.15) is 18.3 Å². The normalized spacial score (nSPS) is 12.0. The number of hydrogen-bond donors (Lipinski definition) is 1. The summed E-state index contributed by atoms with van der Waals surface area (Å²) < 4.78 is 31.2. The van der Waals surface area contributed by atoms with Gasteiger partial charge in [0, 0.05) is 18.1 Å². The van der Waals surface area contributed by atoms with Crippen LogP contribution in [0.2, 0.25) is 5.02 Å². The van der Waals surface area contributed by atoms with Gasteiger partial charge in [0.25, 0.3) is 0 Å². The number of halogens is 1. The zero-order chi connectivity index (χ0) is 25.3. The molecule has 0 aliphatic carbocycles. The SMILES string of the molecule is CCCCNC(=O)[C@@H](C)N(Cc1ccc(Cl)cc1)C(=O)CN(c1ccc(OC)cc1)S(C)(=O)=O. The van der Waals surface area contributed by atoms with Crippen molar-refractivity contribution < 1.29 is 22.7 Å². The first-order chi connectivity index (χ1) is 16.1. The largest absolute Gasteiger partial charge is 0.497 e. The molecule has 1 atom stereocenters. The number of carbonyl (C=O) groups excluding carboxylic acids is 2. The van der Waals surface area contributed by atoms with E-state index in [1.807, 2.05) is 6.92 Å². The van der Waals surface area contributed by atoms with Crippen LogP contribution in [0.4, 0.5) is 5.69 Å². The van der Waals surface area contributed by atoms with Gasteiger partial charge < -0.3 is 15.0 Å². The Kier molecular flexibility index (Phi) is 10.2. The van der Waals surface area contributed by atoms with E-state index < -0.39 is 28.5 Å². The van der Waals surface area contributed by atoms with Gasteiger partial charge in [-0.25, -0.2) is 8.42 Å². The van der Waals surface area contributed by atoms with Gasteiger partial charge in [0.15, 0.2) is 0 Å². The number of sulfonamides is 1. The summed E-state index contributed by atoms with van der Waals surface area (Å²) in [6, 6.07) is 12.5. The Morgan fingerprint density at radius 1 is 1.09 bits per heavy atom. The molecule has 0 spiro atoms. The Morgan fingerprint density at radius 3 is 2.24 bits per heavy atom. The minimum atomic E-state index is -3.78. The topological polar surface area (TPSA) is 96.0 Å². The molecule has 0 saturated heterocycles. The molecule has 2 aromatic rings. The van der Waals surface area contributed by atoms with E-state index in [2.05, 4.69) is 5.32 Å². The number of unbranched alkanes of at least 4 members (excludes halogenated alkanes) is 1. The minimum Gasteiger partial charge on any atom is -0.497 e. The van der Waals surface area contributed by atoms with Crippen LogP contribution in [0, 0.1) is 0 Å². The lowest BCUT2D eigenvalue weighted by atomic mass is 10.1. The van der Waals surface area contributed by atoms with Crippen LogP contribution in [0.3, 0.4) is 0 Å². The van der Waals surface area contributed by atoms with Crippen LogP contribution in [0.15, 0.2) is 48.5 Å². The molecule has 0 saturated carbocycles. The predicted molar refractivity (Wildman–Crippen MR) is 135 cm³/mol. The second kappa shape index (κ2) is 12.6. The molecule has 8 nitrogen and oxygen atoms in total. The molecular weight excluding hydrogens is 478 g/mol. The molecule has 2 aromatic carbocycles.